The van der Waals surface area contributed by atoms with E-state index in [0.29, 0.717) is 6.40 Å². The minimum absolute atomic E-state index is 0. The van der Waals surface area contributed by atoms with Crippen molar-refractivity contribution in [2.75, 3.05) is 0 Å². The molecule has 0 aromatic carbocycles. The van der Waals surface area contributed by atoms with Crippen molar-refractivity contribution in [3.63, 3.8) is 0 Å². The molecule has 0 saturated carbocycles. The van der Waals surface area contributed by atoms with E-state index in [-0.39, 0.29) is 12.4 Å². The van der Waals surface area contributed by atoms with Crippen LogP contribution in [0.3, 0.4) is 0 Å². The van der Waals surface area contributed by atoms with Crippen molar-refractivity contribution in [1.29, 1.82) is 5.41 Å². The molecule has 1 N–H and O–H groups in total. The molecule has 3 nitrogen and oxygen atoms in total. The van der Waals surface area contributed by atoms with Gasteiger partial charge in [0.05, 0.1) is 0 Å². The number of carbonyl (C=O) groups excluding carboxylic acids is 1. The molecule has 0 atom stereocenters. The zero-order valence-electron chi connectivity index (χ0n) is 3.80. The smallest absolute Gasteiger partial charge is 0.308 e. The Kier molecular flexibility index (Phi) is 7.49. The van der Waals surface area contributed by atoms with Crippen LogP contribution in [0.25, 0.3) is 0 Å². The maximum absolute atomic E-state index is 9.67. The summed E-state index contributed by atoms with van der Waals surface area (Å²) < 4.78 is 3.94. The van der Waals surface area contributed by atoms with Gasteiger partial charge in [-0.15, -0.1) is 12.4 Å². The highest BCUT2D eigenvalue weighted by atomic mass is 35.5. The molecule has 0 spiro atoms. The molecule has 0 amide bonds. The monoisotopic (exact) mass is 123 g/mol. The van der Waals surface area contributed by atoms with Crippen LogP contribution in [0, 0.1) is 5.41 Å². The summed E-state index contributed by atoms with van der Waals surface area (Å²) in [6.45, 7) is 1.24. The van der Waals surface area contributed by atoms with Crippen molar-refractivity contribution in [2.45, 2.75) is 6.92 Å². The molecule has 7 heavy (non-hydrogen) atoms. The number of hydrogen-bond donors (Lipinski definition) is 1. The van der Waals surface area contributed by atoms with Crippen molar-refractivity contribution in [3.8, 4) is 0 Å². The average Bonchev–Trinajstić information content (AvgIpc) is 1.35. The summed E-state index contributed by atoms with van der Waals surface area (Å²) in [7, 11) is 0. The summed E-state index contributed by atoms with van der Waals surface area (Å²) in [5.41, 5.74) is 0. The fourth-order valence-corrected chi connectivity index (χ4v) is 0.0830. The summed E-state index contributed by atoms with van der Waals surface area (Å²) in [5.74, 6) is -0.454. The number of halogens is 1. The molecular weight excluding hydrogens is 117 g/mol. The Morgan fingerprint density at radius 3 is 2.29 bits per heavy atom. The van der Waals surface area contributed by atoms with Gasteiger partial charge in [0.25, 0.3) is 0 Å². The lowest BCUT2D eigenvalue weighted by molar-refractivity contribution is -0.132. The van der Waals surface area contributed by atoms with E-state index in [1.807, 2.05) is 0 Å². The molecule has 0 aliphatic heterocycles. The standard InChI is InChI=1S/C3H5NO2.ClH/c1-3(5)6-2-4;/h2,4H,1H3;1H. The van der Waals surface area contributed by atoms with Crippen LogP contribution in [0.5, 0.6) is 0 Å². The van der Waals surface area contributed by atoms with E-state index in [9.17, 15) is 4.79 Å². The van der Waals surface area contributed by atoms with Gasteiger partial charge in [0.2, 0.25) is 0 Å². The second-order valence-corrected chi connectivity index (χ2v) is 0.727. The highest BCUT2D eigenvalue weighted by Crippen LogP contribution is 1.63. The molecular formula is C3H6ClNO2. The van der Waals surface area contributed by atoms with Crippen LogP contribution in [0.1, 0.15) is 6.92 Å². The maximum atomic E-state index is 9.67. The van der Waals surface area contributed by atoms with Crippen molar-refractivity contribution in [3.05, 3.63) is 0 Å². The van der Waals surface area contributed by atoms with Gasteiger partial charge in [0, 0.05) is 6.92 Å². The lowest BCUT2D eigenvalue weighted by atomic mass is 10.8. The fourth-order valence-electron chi connectivity index (χ4n) is 0.0830. The fraction of sp³-hybridized carbons (Fsp3) is 0.333. The SMILES string of the molecule is CC(=O)OC=N.Cl. The molecule has 0 aromatic rings. The van der Waals surface area contributed by atoms with E-state index in [1.165, 1.54) is 6.92 Å². The number of hydrogen-bond acceptors (Lipinski definition) is 3. The van der Waals surface area contributed by atoms with Gasteiger partial charge in [0.1, 0.15) is 0 Å². The topological polar surface area (TPSA) is 50.2 Å². The number of esters is 1. The number of nitrogens with one attached hydrogen (secondary N) is 1. The van der Waals surface area contributed by atoms with Crippen LogP contribution >= 0.6 is 12.4 Å². The third kappa shape index (κ3) is 10.8. The van der Waals surface area contributed by atoms with Crippen molar-refractivity contribution in [1.82, 2.24) is 0 Å². The zero-order valence-corrected chi connectivity index (χ0v) is 4.62. The van der Waals surface area contributed by atoms with Gasteiger partial charge >= 0.3 is 5.97 Å². The minimum Gasteiger partial charge on any atom is -0.415 e. The van der Waals surface area contributed by atoms with E-state index in [0.717, 1.165) is 0 Å². The van der Waals surface area contributed by atoms with Gasteiger partial charge < -0.3 is 4.74 Å². The lowest BCUT2D eigenvalue weighted by Crippen LogP contribution is -1.92. The summed E-state index contributed by atoms with van der Waals surface area (Å²) in [4.78, 5) is 9.67. The molecule has 42 valence electrons. The van der Waals surface area contributed by atoms with Gasteiger partial charge in [-0.3, -0.25) is 10.2 Å². The number of ether oxygens (including phenoxy) is 1. The first-order valence-electron chi connectivity index (χ1n) is 1.43. The largest absolute Gasteiger partial charge is 0.415 e. The maximum Gasteiger partial charge on any atom is 0.308 e. The van der Waals surface area contributed by atoms with Crippen LogP contribution in [0.4, 0.5) is 0 Å². The van der Waals surface area contributed by atoms with E-state index in [2.05, 4.69) is 4.74 Å². The molecule has 0 rings (SSSR count). The molecule has 0 aliphatic carbocycles. The van der Waals surface area contributed by atoms with Gasteiger partial charge in [-0.1, -0.05) is 0 Å². The second kappa shape index (κ2) is 5.43. The van der Waals surface area contributed by atoms with Crippen molar-refractivity contribution < 1.29 is 9.53 Å². The van der Waals surface area contributed by atoms with Gasteiger partial charge in [-0.05, 0) is 0 Å². The highest BCUT2D eigenvalue weighted by molar-refractivity contribution is 5.85. The Bertz CT molecular complexity index is 73.3. The predicted molar refractivity (Wildman–Crippen MR) is 27.8 cm³/mol. The molecule has 0 saturated heterocycles. The molecule has 0 bridgehead atoms. The summed E-state index contributed by atoms with van der Waals surface area (Å²) in [6, 6.07) is 0. The Labute approximate surface area is 47.6 Å². The van der Waals surface area contributed by atoms with E-state index in [1.54, 1.807) is 0 Å². The molecule has 0 heterocycles. The summed E-state index contributed by atoms with van der Waals surface area (Å²) in [6.07, 6.45) is 0.600. The van der Waals surface area contributed by atoms with Gasteiger partial charge in [-0.2, -0.15) is 0 Å². The Morgan fingerprint density at radius 1 is 1.86 bits per heavy atom. The van der Waals surface area contributed by atoms with Crippen LogP contribution < -0.4 is 0 Å². The van der Waals surface area contributed by atoms with Crippen LogP contribution in [0.15, 0.2) is 0 Å². The van der Waals surface area contributed by atoms with Crippen molar-refractivity contribution >= 4 is 24.8 Å². The van der Waals surface area contributed by atoms with Crippen molar-refractivity contribution in [2.24, 2.45) is 0 Å². The van der Waals surface area contributed by atoms with E-state index < -0.39 is 5.97 Å². The molecule has 0 unspecified atom stereocenters. The molecule has 0 radical (unpaired) electrons. The van der Waals surface area contributed by atoms with Crippen LogP contribution in [0.2, 0.25) is 0 Å². The average molecular weight is 124 g/mol. The van der Waals surface area contributed by atoms with Crippen LogP contribution in [-0.4, -0.2) is 12.4 Å². The lowest BCUT2D eigenvalue weighted by Gasteiger charge is -1.81. The molecule has 0 fully saturated rings. The first kappa shape index (κ1) is 9.66. The third-order valence-corrected chi connectivity index (χ3v) is 0.225. The van der Waals surface area contributed by atoms with E-state index in [4.69, 9.17) is 5.41 Å². The quantitative estimate of drug-likeness (QED) is 0.315. The number of rotatable bonds is 1. The Hall–Kier alpha value is -0.570. The predicted octanol–water partition coefficient (Wildman–Crippen LogP) is 0.578. The summed E-state index contributed by atoms with van der Waals surface area (Å²) >= 11 is 0. The normalized spacial score (nSPS) is 5.86. The minimum atomic E-state index is -0.454. The molecule has 0 aliphatic rings. The third-order valence-electron chi connectivity index (χ3n) is 0.225. The summed E-state index contributed by atoms with van der Waals surface area (Å²) in [5, 5.41) is 6.16. The Morgan fingerprint density at radius 2 is 2.29 bits per heavy atom. The highest BCUT2D eigenvalue weighted by Gasteiger charge is 1.80. The molecule has 0 aromatic heterocycles. The number of carbonyl (C=O) groups is 1. The second-order valence-electron chi connectivity index (χ2n) is 0.727. The van der Waals surface area contributed by atoms with E-state index >= 15 is 0 Å². The molecule has 4 heteroatoms. The van der Waals surface area contributed by atoms with Gasteiger partial charge in [0.15, 0.2) is 6.40 Å². The van der Waals surface area contributed by atoms with Crippen LogP contribution in [-0.2, 0) is 9.53 Å². The zero-order chi connectivity index (χ0) is 4.99. The first-order valence-corrected chi connectivity index (χ1v) is 1.43. The Balaban J connectivity index is 0. The van der Waals surface area contributed by atoms with Gasteiger partial charge in [-0.25, -0.2) is 0 Å². The first-order chi connectivity index (χ1) is 2.77.